The first-order valence-corrected chi connectivity index (χ1v) is 8.15. The number of rotatable bonds is 3. The molecule has 2 fully saturated rings. The van der Waals surface area contributed by atoms with Crippen molar-refractivity contribution in [2.75, 3.05) is 25.4 Å². The lowest BCUT2D eigenvalue weighted by Gasteiger charge is -2.30. The molecule has 0 unspecified atom stereocenters. The third-order valence-corrected chi connectivity index (χ3v) is 5.15. The van der Waals surface area contributed by atoms with Gasteiger partial charge in [-0.2, -0.15) is 9.97 Å². The lowest BCUT2D eigenvalue weighted by Crippen LogP contribution is -2.43. The molecule has 2 N–H and O–H groups in total. The van der Waals surface area contributed by atoms with E-state index in [9.17, 15) is 8.78 Å². The highest BCUT2D eigenvalue weighted by Crippen LogP contribution is 2.40. The van der Waals surface area contributed by atoms with Crippen molar-refractivity contribution >= 4 is 28.3 Å². The number of halogens is 3. The van der Waals surface area contributed by atoms with E-state index in [-0.39, 0.29) is 40.0 Å². The van der Waals surface area contributed by atoms with Gasteiger partial charge < -0.3 is 10.5 Å². The lowest BCUT2D eigenvalue weighted by atomic mass is 9.95. The molecule has 2 aliphatic rings. The van der Waals surface area contributed by atoms with Crippen LogP contribution in [0, 0.1) is 5.82 Å². The van der Waals surface area contributed by atoms with Crippen LogP contribution in [0.1, 0.15) is 19.3 Å². The Kier molecular flexibility index (Phi) is 3.69. The Hall–Kier alpha value is -1.80. The molecular formula is C15H16ClF2N5O. The monoisotopic (exact) mass is 355 g/mol. The molecule has 2 aliphatic heterocycles. The van der Waals surface area contributed by atoms with Gasteiger partial charge in [0, 0.05) is 19.2 Å². The molecule has 0 spiro atoms. The maximum atomic E-state index is 14.1. The minimum absolute atomic E-state index is 0.0342. The summed E-state index contributed by atoms with van der Waals surface area (Å²) in [5.74, 6) is -0.702. The number of anilines is 1. The maximum Gasteiger partial charge on any atom is 0.319 e. The van der Waals surface area contributed by atoms with Crippen LogP contribution < -0.4 is 10.5 Å². The summed E-state index contributed by atoms with van der Waals surface area (Å²) in [6.45, 7) is 1.54. The van der Waals surface area contributed by atoms with E-state index >= 15 is 0 Å². The zero-order valence-electron chi connectivity index (χ0n) is 12.8. The standard InChI is InChI=1S/C15H16ClF2N5O/c16-12-10(18)11-9(5-20-12)13(19)22-14(21-11)24-7-15-2-1-3-23(15)6-8(17)4-15/h5,8H,1-4,6-7H2,(H2,19,21,22)/t8-,15+/m1/s1. The topological polar surface area (TPSA) is 77.2 Å². The van der Waals surface area contributed by atoms with Crippen molar-refractivity contribution in [2.45, 2.75) is 31.0 Å². The Morgan fingerprint density at radius 1 is 1.46 bits per heavy atom. The molecule has 0 aliphatic carbocycles. The molecule has 9 heteroatoms. The van der Waals surface area contributed by atoms with E-state index < -0.39 is 12.0 Å². The highest BCUT2D eigenvalue weighted by molar-refractivity contribution is 6.30. The van der Waals surface area contributed by atoms with Crippen LogP contribution in [-0.4, -0.2) is 51.3 Å². The van der Waals surface area contributed by atoms with E-state index in [0.29, 0.717) is 13.0 Å². The number of ether oxygens (including phenoxy) is 1. The predicted octanol–water partition coefficient (Wildman–Crippen LogP) is 2.35. The molecule has 2 atom stereocenters. The number of nitrogens with zero attached hydrogens (tertiary/aromatic N) is 4. The molecule has 24 heavy (non-hydrogen) atoms. The highest BCUT2D eigenvalue weighted by atomic mass is 35.5. The van der Waals surface area contributed by atoms with Gasteiger partial charge in [0.2, 0.25) is 0 Å². The van der Waals surface area contributed by atoms with Crippen molar-refractivity contribution in [3.05, 3.63) is 17.2 Å². The van der Waals surface area contributed by atoms with Crippen molar-refractivity contribution in [1.82, 2.24) is 19.9 Å². The average molecular weight is 356 g/mol. The zero-order chi connectivity index (χ0) is 16.9. The van der Waals surface area contributed by atoms with Gasteiger partial charge in [-0.1, -0.05) is 11.6 Å². The number of nitrogen functional groups attached to an aromatic ring is 1. The number of fused-ring (bicyclic) bond motifs is 2. The average Bonchev–Trinajstić information content (AvgIpc) is 3.05. The lowest BCUT2D eigenvalue weighted by molar-refractivity contribution is 0.107. The summed E-state index contributed by atoms with van der Waals surface area (Å²) in [6.07, 6.45) is 2.77. The molecule has 4 heterocycles. The number of alkyl halides is 1. The van der Waals surface area contributed by atoms with Gasteiger partial charge in [0.05, 0.1) is 10.9 Å². The third kappa shape index (κ3) is 2.44. The number of hydrogen-bond acceptors (Lipinski definition) is 6. The van der Waals surface area contributed by atoms with E-state index in [0.717, 1.165) is 19.4 Å². The molecule has 0 bridgehead atoms. The zero-order valence-corrected chi connectivity index (χ0v) is 13.6. The van der Waals surface area contributed by atoms with E-state index in [2.05, 4.69) is 19.9 Å². The van der Waals surface area contributed by atoms with Crippen LogP contribution in [0.15, 0.2) is 6.20 Å². The Labute approximate surface area is 142 Å². The summed E-state index contributed by atoms with van der Waals surface area (Å²) < 4.78 is 33.6. The Bertz CT molecular complexity index is 807. The number of hydrogen-bond donors (Lipinski definition) is 1. The molecule has 2 aromatic rings. The van der Waals surface area contributed by atoms with Gasteiger partial charge in [-0.15, -0.1) is 0 Å². The first-order valence-electron chi connectivity index (χ1n) is 7.78. The number of pyridine rings is 1. The van der Waals surface area contributed by atoms with Crippen molar-refractivity contribution < 1.29 is 13.5 Å². The second kappa shape index (κ2) is 5.63. The summed E-state index contributed by atoms with van der Waals surface area (Å²) in [7, 11) is 0. The van der Waals surface area contributed by atoms with E-state index in [1.54, 1.807) is 0 Å². The number of nitrogens with two attached hydrogens (primary N) is 1. The molecule has 0 amide bonds. The van der Waals surface area contributed by atoms with Gasteiger partial charge in [0.25, 0.3) is 0 Å². The predicted molar refractivity (Wildman–Crippen MR) is 85.3 cm³/mol. The first kappa shape index (κ1) is 15.7. The smallest absolute Gasteiger partial charge is 0.319 e. The second-order valence-electron chi connectivity index (χ2n) is 6.38. The minimum Gasteiger partial charge on any atom is -0.461 e. The van der Waals surface area contributed by atoms with Gasteiger partial charge in [-0.25, -0.2) is 13.8 Å². The van der Waals surface area contributed by atoms with Crippen molar-refractivity contribution in [1.29, 1.82) is 0 Å². The maximum absolute atomic E-state index is 14.1. The van der Waals surface area contributed by atoms with Crippen molar-refractivity contribution in [3.8, 4) is 6.01 Å². The third-order valence-electron chi connectivity index (χ3n) is 4.88. The Morgan fingerprint density at radius 2 is 2.29 bits per heavy atom. The fourth-order valence-corrected chi connectivity index (χ4v) is 3.89. The highest BCUT2D eigenvalue weighted by Gasteiger charge is 2.49. The Morgan fingerprint density at radius 3 is 3.12 bits per heavy atom. The van der Waals surface area contributed by atoms with Crippen LogP contribution in [0.5, 0.6) is 6.01 Å². The first-order chi connectivity index (χ1) is 11.5. The SMILES string of the molecule is Nc1nc(OC[C@@]23CCCN2C[C@H](F)C3)nc2c(F)c(Cl)ncc12. The molecular weight excluding hydrogens is 340 g/mol. The van der Waals surface area contributed by atoms with Crippen LogP contribution in [0.25, 0.3) is 10.9 Å². The summed E-state index contributed by atoms with van der Waals surface area (Å²) >= 11 is 5.68. The molecule has 6 nitrogen and oxygen atoms in total. The molecule has 2 saturated heterocycles. The number of aromatic nitrogens is 3. The summed E-state index contributed by atoms with van der Waals surface area (Å²) in [4.78, 5) is 13.9. The van der Waals surface area contributed by atoms with Gasteiger partial charge >= 0.3 is 6.01 Å². The van der Waals surface area contributed by atoms with Crippen LogP contribution in [-0.2, 0) is 0 Å². The summed E-state index contributed by atoms with van der Waals surface area (Å²) in [5, 5.41) is -0.0160. The van der Waals surface area contributed by atoms with Crippen LogP contribution in [0.4, 0.5) is 14.6 Å². The normalized spacial score (nSPS) is 26.9. The molecule has 0 radical (unpaired) electrons. The fourth-order valence-electron chi connectivity index (χ4n) is 3.75. The van der Waals surface area contributed by atoms with Gasteiger partial charge in [-0.3, -0.25) is 4.90 Å². The van der Waals surface area contributed by atoms with Crippen molar-refractivity contribution in [2.24, 2.45) is 0 Å². The van der Waals surface area contributed by atoms with Crippen LogP contribution >= 0.6 is 11.6 Å². The quantitative estimate of drug-likeness (QED) is 0.852. The Balaban J connectivity index is 1.62. The van der Waals surface area contributed by atoms with Crippen molar-refractivity contribution in [3.63, 3.8) is 0 Å². The van der Waals surface area contributed by atoms with Gasteiger partial charge in [-0.05, 0) is 19.4 Å². The molecule has 0 aromatic carbocycles. The minimum atomic E-state index is -0.848. The van der Waals surface area contributed by atoms with Gasteiger partial charge in [0.15, 0.2) is 11.0 Å². The molecule has 2 aromatic heterocycles. The summed E-state index contributed by atoms with van der Waals surface area (Å²) in [6, 6.07) is -0.0373. The molecule has 128 valence electrons. The van der Waals surface area contributed by atoms with E-state index in [4.69, 9.17) is 22.1 Å². The second-order valence-corrected chi connectivity index (χ2v) is 6.74. The van der Waals surface area contributed by atoms with Gasteiger partial charge in [0.1, 0.15) is 24.1 Å². The summed E-state index contributed by atoms with van der Waals surface area (Å²) in [5.41, 5.74) is 5.47. The van der Waals surface area contributed by atoms with E-state index in [1.807, 2.05) is 0 Å². The molecule has 4 rings (SSSR count). The fraction of sp³-hybridized carbons (Fsp3) is 0.533. The van der Waals surface area contributed by atoms with Crippen LogP contribution in [0.3, 0.4) is 0 Å². The largest absolute Gasteiger partial charge is 0.461 e. The van der Waals surface area contributed by atoms with E-state index in [1.165, 1.54) is 6.20 Å². The van der Waals surface area contributed by atoms with Crippen LogP contribution in [0.2, 0.25) is 5.15 Å². The molecule has 0 saturated carbocycles.